The van der Waals surface area contributed by atoms with Crippen LogP contribution < -0.4 is 0 Å². The van der Waals surface area contributed by atoms with Gasteiger partial charge in [0.2, 0.25) is 0 Å². The first-order chi connectivity index (χ1) is 7.84. The Morgan fingerprint density at radius 2 is 1.76 bits per heavy atom. The van der Waals surface area contributed by atoms with Crippen LogP contribution in [-0.2, 0) is 14.3 Å². The molecule has 0 aromatic heterocycles. The zero-order chi connectivity index (χ0) is 13.4. The highest BCUT2D eigenvalue weighted by atomic mass is 16.5. The van der Waals surface area contributed by atoms with Gasteiger partial charge in [-0.1, -0.05) is 13.2 Å². The van der Waals surface area contributed by atoms with Gasteiger partial charge < -0.3 is 14.7 Å². The van der Waals surface area contributed by atoms with Gasteiger partial charge in [-0.2, -0.15) is 0 Å². The van der Waals surface area contributed by atoms with Gasteiger partial charge in [0.05, 0.1) is 6.61 Å². The van der Waals surface area contributed by atoms with Gasteiger partial charge in [0.15, 0.2) is 0 Å². The van der Waals surface area contributed by atoms with Gasteiger partial charge in [-0.25, -0.2) is 9.59 Å². The Labute approximate surface area is 101 Å². The van der Waals surface area contributed by atoms with Crippen LogP contribution in [0.15, 0.2) is 24.3 Å². The van der Waals surface area contributed by atoms with Crippen LogP contribution in [-0.4, -0.2) is 49.2 Å². The number of hydrogen-bond acceptors (Lipinski definition) is 4. The number of carboxylic acids is 1. The molecule has 0 saturated carbocycles. The largest absolute Gasteiger partial charge is 0.478 e. The summed E-state index contributed by atoms with van der Waals surface area (Å²) in [6.07, 6.45) is 0.660. The summed E-state index contributed by atoms with van der Waals surface area (Å²) in [6.45, 7) is 7.69. The second-order valence-electron chi connectivity index (χ2n) is 3.95. The van der Waals surface area contributed by atoms with E-state index >= 15 is 0 Å². The second-order valence-corrected chi connectivity index (χ2v) is 3.95. The van der Waals surface area contributed by atoms with Gasteiger partial charge >= 0.3 is 11.9 Å². The third kappa shape index (κ3) is 7.30. The summed E-state index contributed by atoms with van der Waals surface area (Å²) in [4.78, 5) is 23.7. The first-order valence-electron chi connectivity index (χ1n) is 5.25. The van der Waals surface area contributed by atoms with Gasteiger partial charge in [-0.15, -0.1) is 0 Å². The number of nitrogens with zero attached hydrogens (tertiary/aromatic N) is 1. The summed E-state index contributed by atoms with van der Waals surface area (Å²) in [5.74, 6) is -1.56. The molecular weight excluding hydrogens is 222 g/mol. The van der Waals surface area contributed by atoms with Gasteiger partial charge in [-0.05, 0) is 20.5 Å². The molecule has 0 heterocycles. The Bertz CT molecular complexity index is 320. The molecule has 0 radical (unpaired) electrons. The van der Waals surface area contributed by atoms with E-state index in [1.807, 2.05) is 19.0 Å². The lowest BCUT2D eigenvalue weighted by Gasteiger charge is -2.10. The number of aliphatic carboxylic acids is 1. The van der Waals surface area contributed by atoms with E-state index in [0.29, 0.717) is 12.0 Å². The minimum atomic E-state index is -1.08. The minimum Gasteiger partial charge on any atom is -0.478 e. The van der Waals surface area contributed by atoms with Crippen LogP contribution in [0.1, 0.15) is 12.8 Å². The molecule has 0 bridgehead atoms. The van der Waals surface area contributed by atoms with E-state index in [1.165, 1.54) is 0 Å². The lowest BCUT2D eigenvalue weighted by atomic mass is 10.2. The highest BCUT2D eigenvalue weighted by molar-refractivity contribution is 5.88. The van der Waals surface area contributed by atoms with E-state index in [0.717, 1.165) is 6.54 Å². The van der Waals surface area contributed by atoms with Crippen molar-refractivity contribution in [2.75, 3.05) is 27.2 Å². The van der Waals surface area contributed by atoms with Gasteiger partial charge in [0, 0.05) is 24.1 Å². The average molecular weight is 241 g/mol. The second kappa shape index (κ2) is 7.62. The minimum absolute atomic E-state index is 0.0188. The molecule has 0 aliphatic rings. The molecule has 5 nitrogen and oxygen atoms in total. The van der Waals surface area contributed by atoms with Gasteiger partial charge in [-0.3, -0.25) is 0 Å². The Morgan fingerprint density at radius 1 is 1.18 bits per heavy atom. The summed E-state index contributed by atoms with van der Waals surface area (Å²) in [7, 11) is 3.80. The zero-order valence-corrected chi connectivity index (χ0v) is 10.4. The smallest absolute Gasteiger partial charge is 0.333 e. The topological polar surface area (TPSA) is 66.8 Å². The fourth-order valence-electron chi connectivity index (χ4n) is 0.937. The number of esters is 1. The van der Waals surface area contributed by atoms with Crippen molar-refractivity contribution in [3.05, 3.63) is 24.3 Å². The highest BCUT2D eigenvalue weighted by Gasteiger charge is 2.10. The van der Waals surface area contributed by atoms with Gasteiger partial charge in [0.1, 0.15) is 0 Å². The maximum atomic E-state index is 11.4. The van der Waals surface area contributed by atoms with Crippen molar-refractivity contribution < 1.29 is 19.4 Å². The molecular formula is C12H19NO4. The van der Waals surface area contributed by atoms with Crippen molar-refractivity contribution in [3.63, 3.8) is 0 Å². The fourth-order valence-corrected chi connectivity index (χ4v) is 0.937. The molecule has 0 saturated heterocycles. The van der Waals surface area contributed by atoms with Crippen molar-refractivity contribution in [2.45, 2.75) is 12.8 Å². The fraction of sp³-hybridized carbons (Fsp3) is 0.500. The first-order valence-corrected chi connectivity index (χ1v) is 5.25. The Balaban J connectivity index is 3.82. The van der Waals surface area contributed by atoms with E-state index in [1.54, 1.807) is 0 Å². The standard InChI is InChI=1S/C12H19NO4/c1-9(11(14)15)6-8-17-12(16)10(2)5-7-13(3)4/h1-2,5-8H2,3-4H3,(H,14,15). The molecule has 0 aromatic carbocycles. The maximum absolute atomic E-state index is 11.4. The van der Waals surface area contributed by atoms with Crippen LogP contribution in [0.5, 0.6) is 0 Å². The molecule has 17 heavy (non-hydrogen) atoms. The quantitative estimate of drug-likeness (QED) is 0.508. The molecule has 0 fully saturated rings. The monoisotopic (exact) mass is 241 g/mol. The molecule has 0 spiro atoms. The third-order valence-corrected chi connectivity index (χ3v) is 2.09. The molecule has 1 N–H and O–H groups in total. The van der Waals surface area contributed by atoms with Crippen LogP contribution in [0, 0.1) is 0 Å². The Hall–Kier alpha value is -1.62. The van der Waals surface area contributed by atoms with Gasteiger partial charge in [0.25, 0.3) is 0 Å². The molecule has 0 unspecified atom stereocenters. The molecule has 5 heteroatoms. The molecule has 0 rings (SSSR count). The number of carboxylic acid groups (broad SMARTS) is 1. The normalized spacial score (nSPS) is 10.1. The summed E-state index contributed by atoms with van der Waals surface area (Å²) >= 11 is 0. The predicted molar refractivity (Wildman–Crippen MR) is 64.7 cm³/mol. The third-order valence-electron chi connectivity index (χ3n) is 2.09. The number of hydrogen-bond donors (Lipinski definition) is 1. The van der Waals surface area contributed by atoms with Crippen molar-refractivity contribution in [1.29, 1.82) is 0 Å². The van der Waals surface area contributed by atoms with Crippen LogP contribution in [0.2, 0.25) is 0 Å². The van der Waals surface area contributed by atoms with Crippen LogP contribution in [0.4, 0.5) is 0 Å². The molecule has 0 aliphatic heterocycles. The van der Waals surface area contributed by atoms with Crippen LogP contribution in [0.3, 0.4) is 0 Å². The van der Waals surface area contributed by atoms with E-state index in [-0.39, 0.29) is 18.6 Å². The first kappa shape index (κ1) is 15.4. The lowest BCUT2D eigenvalue weighted by molar-refractivity contribution is -0.140. The summed E-state index contributed by atoms with van der Waals surface area (Å²) in [5.41, 5.74) is 0.413. The van der Waals surface area contributed by atoms with Crippen molar-refractivity contribution >= 4 is 11.9 Å². The molecule has 0 aromatic rings. The molecule has 0 atom stereocenters. The van der Waals surface area contributed by atoms with E-state index in [9.17, 15) is 9.59 Å². The predicted octanol–water partition coefficient (Wildman–Crippen LogP) is 1.07. The number of carbonyl (C=O) groups is 2. The van der Waals surface area contributed by atoms with Crippen LogP contribution in [0.25, 0.3) is 0 Å². The van der Waals surface area contributed by atoms with E-state index in [2.05, 4.69) is 13.2 Å². The zero-order valence-electron chi connectivity index (χ0n) is 10.4. The number of ether oxygens (including phenoxy) is 1. The van der Waals surface area contributed by atoms with Crippen LogP contribution >= 0.6 is 0 Å². The SMILES string of the molecule is C=C(CCOC(=O)C(=C)CCN(C)C)C(=O)O. The lowest BCUT2D eigenvalue weighted by Crippen LogP contribution is -2.17. The Morgan fingerprint density at radius 3 is 2.24 bits per heavy atom. The van der Waals surface area contributed by atoms with E-state index < -0.39 is 11.9 Å². The molecule has 0 amide bonds. The average Bonchev–Trinajstić information content (AvgIpc) is 2.25. The Kier molecular flexibility index (Phi) is 6.89. The number of carbonyl (C=O) groups excluding carboxylic acids is 1. The van der Waals surface area contributed by atoms with Crippen molar-refractivity contribution in [3.8, 4) is 0 Å². The molecule has 96 valence electrons. The van der Waals surface area contributed by atoms with Crippen molar-refractivity contribution in [1.82, 2.24) is 4.90 Å². The summed E-state index contributed by atoms with van der Waals surface area (Å²) in [6, 6.07) is 0. The summed E-state index contributed by atoms with van der Waals surface area (Å²) in [5, 5.41) is 8.54. The number of rotatable bonds is 8. The van der Waals surface area contributed by atoms with Crippen molar-refractivity contribution in [2.24, 2.45) is 0 Å². The van der Waals surface area contributed by atoms with E-state index in [4.69, 9.17) is 9.84 Å². The molecule has 0 aliphatic carbocycles. The highest BCUT2D eigenvalue weighted by Crippen LogP contribution is 2.04. The maximum Gasteiger partial charge on any atom is 0.333 e. The summed E-state index contributed by atoms with van der Waals surface area (Å²) < 4.78 is 4.88.